The van der Waals surface area contributed by atoms with Crippen LogP contribution in [0.5, 0.6) is 5.75 Å². The molecule has 4 nitrogen and oxygen atoms in total. The molecule has 1 N–H and O–H groups in total. The van der Waals surface area contributed by atoms with Gasteiger partial charge < -0.3 is 4.74 Å². The Kier molecular flexibility index (Phi) is 4.95. The molecule has 0 aliphatic rings. The van der Waals surface area contributed by atoms with Crippen LogP contribution in [-0.2, 0) is 10.0 Å². The fourth-order valence-corrected chi connectivity index (χ4v) is 4.96. The van der Waals surface area contributed by atoms with Crippen molar-refractivity contribution in [2.24, 2.45) is 0 Å². The Bertz CT molecular complexity index is 719. The third-order valence-corrected chi connectivity index (χ3v) is 6.57. The summed E-state index contributed by atoms with van der Waals surface area (Å²) < 4.78 is 34.1. The van der Waals surface area contributed by atoms with Gasteiger partial charge in [-0.2, -0.15) is 0 Å². The first-order valence-electron chi connectivity index (χ1n) is 6.34. The molecule has 0 spiro atoms. The summed E-state index contributed by atoms with van der Waals surface area (Å²) in [6, 6.07) is 8.64. The van der Waals surface area contributed by atoms with Crippen molar-refractivity contribution < 1.29 is 13.2 Å². The fraction of sp³-hybridized carbons (Fsp3) is 0.286. The van der Waals surface area contributed by atoms with Gasteiger partial charge in [0, 0.05) is 0 Å². The van der Waals surface area contributed by atoms with E-state index in [4.69, 9.17) is 4.74 Å². The SMILES string of the molecule is Cc1cc(S(=O)(=O)Nc2ccccc2OC(C)C)sc1Br. The number of ether oxygens (including phenoxy) is 1. The zero-order valence-electron chi connectivity index (χ0n) is 11.9. The van der Waals surface area contributed by atoms with E-state index < -0.39 is 10.0 Å². The maximum atomic E-state index is 12.4. The highest BCUT2D eigenvalue weighted by molar-refractivity contribution is 9.11. The smallest absolute Gasteiger partial charge is 0.271 e. The number of sulfonamides is 1. The summed E-state index contributed by atoms with van der Waals surface area (Å²) in [6.45, 7) is 5.64. The lowest BCUT2D eigenvalue weighted by molar-refractivity contribution is 0.244. The molecule has 0 amide bonds. The molecule has 0 fully saturated rings. The van der Waals surface area contributed by atoms with Gasteiger partial charge in [0.2, 0.25) is 0 Å². The number of benzene rings is 1. The predicted molar refractivity (Wildman–Crippen MR) is 89.8 cm³/mol. The number of nitrogens with one attached hydrogen (secondary N) is 1. The van der Waals surface area contributed by atoms with Crippen molar-refractivity contribution in [1.29, 1.82) is 0 Å². The molecule has 0 saturated carbocycles. The number of rotatable bonds is 5. The molecule has 1 aromatic carbocycles. The Morgan fingerprint density at radius 3 is 2.52 bits per heavy atom. The summed E-state index contributed by atoms with van der Waals surface area (Å²) in [4.78, 5) is 0. The number of anilines is 1. The Morgan fingerprint density at radius 1 is 1.29 bits per heavy atom. The third kappa shape index (κ3) is 3.99. The summed E-state index contributed by atoms with van der Waals surface area (Å²) in [7, 11) is -3.61. The van der Waals surface area contributed by atoms with Gasteiger partial charge >= 0.3 is 0 Å². The lowest BCUT2D eigenvalue weighted by Gasteiger charge is -2.15. The number of hydrogen-bond acceptors (Lipinski definition) is 4. The molecule has 0 saturated heterocycles. The van der Waals surface area contributed by atoms with Crippen LogP contribution in [0.2, 0.25) is 0 Å². The zero-order chi connectivity index (χ0) is 15.6. The van der Waals surface area contributed by atoms with Crippen LogP contribution >= 0.6 is 27.3 Å². The Hall–Kier alpha value is -1.05. The highest BCUT2D eigenvalue weighted by Gasteiger charge is 2.20. The van der Waals surface area contributed by atoms with E-state index in [2.05, 4.69) is 20.7 Å². The molecule has 2 aromatic rings. The standard InChI is InChI=1S/C14H16BrNO3S2/c1-9(2)19-12-7-5-4-6-11(12)16-21(17,18)13-8-10(3)14(15)20-13/h4-9,16H,1-3H3. The average molecular weight is 390 g/mol. The van der Waals surface area contributed by atoms with Crippen molar-refractivity contribution in [1.82, 2.24) is 0 Å². The van der Waals surface area contributed by atoms with Crippen LogP contribution in [0.1, 0.15) is 19.4 Å². The zero-order valence-corrected chi connectivity index (χ0v) is 15.1. The van der Waals surface area contributed by atoms with Crippen LogP contribution in [-0.4, -0.2) is 14.5 Å². The molecule has 1 heterocycles. The summed E-state index contributed by atoms with van der Waals surface area (Å²) in [5.74, 6) is 0.517. The number of para-hydroxylation sites is 2. The van der Waals surface area contributed by atoms with Crippen molar-refractivity contribution in [2.75, 3.05) is 4.72 Å². The van der Waals surface area contributed by atoms with Gasteiger partial charge in [0.1, 0.15) is 9.96 Å². The molecular weight excluding hydrogens is 374 g/mol. The molecule has 21 heavy (non-hydrogen) atoms. The van der Waals surface area contributed by atoms with Crippen molar-refractivity contribution in [2.45, 2.75) is 31.1 Å². The normalized spacial score (nSPS) is 11.7. The summed E-state index contributed by atoms with van der Waals surface area (Å²) >= 11 is 4.53. The molecule has 0 radical (unpaired) electrons. The minimum Gasteiger partial charge on any atom is -0.489 e. The van der Waals surface area contributed by atoms with Crippen molar-refractivity contribution in [3.63, 3.8) is 0 Å². The highest BCUT2D eigenvalue weighted by atomic mass is 79.9. The van der Waals surface area contributed by atoms with Crippen LogP contribution in [0.25, 0.3) is 0 Å². The van der Waals surface area contributed by atoms with E-state index in [1.165, 1.54) is 11.3 Å². The second-order valence-corrected chi connectivity index (χ2v) is 9.07. The van der Waals surface area contributed by atoms with E-state index in [9.17, 15) is 8.42 Å². The topological polar surface area (TPSA) is 55.4 Å². The first-order chi connectivity index (χ1) is 9.79. The maximum Gasteiger partial charge on any atom is 0.271 e. The van der Waals surface area contributed by atoms with Crippen LogP contribution in [0.4, 0.5) is 5.69 Å². The maximum absolute atomic E-state index is 12.4. The van der Waals surface area contributed by atoms with Crippen LogP contribution in [0, 0.1) is 6.92 Å². The molecule has 7 heteroatoms. The number of thiophene rings is 1. The van der Waals surface area contributed by atoms with Gasteiger partial charge in [0.25, 0.3) is 10.0 Å². The first kappa shape index (κ1) is 16.3. The van der Waals surface area contributed by atoms with E-state index in [-0.39, 0.29) is 10.3 Å². The monoisotopic (exact) mass is 389 g/mol. The Balaban J connectivity index is 2.33. The lowest BCUT2D eigenvalue weighted by atomic mass is 10.3. The average Bonchev–Trinajstić information content (AvgIpc) is 2.72. The summed E-state index contributed by atoms with van der Waals surface area (Å²) in [5, 5.41) is 0. The van der Waals surface area contributed by atoms with Gasteiger partial charge in [-0.05, 0) is 60.5 Å². The van der Waals surface area contributed by atoms with Gasteiger partial charge in [-0.3, -0.25) is 4.72 Å². The van der Waals surface area contributed by atoms with Crippen LogP contribution < -0.4 is 9.46 Å². The summed E-state index contributed by atoms with van der Waals surface area (Å²) in [5.41, 5.74) is 1.33. The largest absolute Gasteiger partial charge is 0.489 e. The lowest BCUT2D eigenvalue weighted by Crippen LogP contribution is -2.14. The van der Waals surface area contributed by atoms with Crippen molar-refractivity contribution in [3.8, 4) is 5.75 Å². The van der Waals surface area contributed by atoms with Crippen molar-refractivity contribution in [3.05, 3.63) is 39.7 Å². The second-order valence-electron chi connectivity index (χ2n) is 4.79. The molecule has 0 aliphatic carbocycles. The predicted octanol–water partition coefficient (Wildman–Crippen LogP) is 4.41. The Labute approximate surface area is 137 Å². The van der Waals surface area contributed by atoms with Gasteiger partial charge in [-0.15, -0.1) is 11.3 Å². The number of aryl methyl sites for hydroxylation is 1. The molecule has 2 rings (SSSR count). The van der Waals surface area contributed by atoms with Gasteiger partial charge in [-0.25, -0.2) is 8.42 Å². The fourth-order valence-electron chi connectivity index (χ4n) is 1.67. The van der Waals surface area contributed by atoms with Crippen LogP contribution in [0.15, 0.2) is 38.3 Å². The van der Waals surface area contributed by atoms with Crippen molar-refractivity contribution >= 4 is 43.0 Å². The molecule has 0 atom stereocenters. The van der Waals surface area contributed by atoms with E-state index in [0.29, 0.717) is 11.4 Å². The molecule has 0 bridgehead atoms. The van der Waals surface area contributed by atoms with Gasteiger partial charge in [0.15, 0.2) is 0 Å². The molecule has 114 valence electrons. The number of halogens is 1. The van der Waals surface area contributed by atoms with E-state index in [1.807, 2.05) is 20.8 Å². The van der Waals surface area contributed by atoms with E-state index in [1.54, 1.807) is 30.3 Å². The molecule has 0 aliphatic heterocycles. The molecular formula is C14H16BrNO3S2. The van der Waals surface area contributed by atoms with E-state index >= 15 is 0 Å². The number of hydrogen-bond donors (Lipinski definition) is 1. The van der Waals surface area contributed by atoms with Gasteiger partial charge in [0.05, 0.1) is 15.6 Å². The second kappa shape index (κ2) is 6.37. The van der Waals surface area contributed by atoms with Gasteiger partial charge in [-0.1, -0.05) is 12.1 Å². The van der Waals surface area contributed by atoms with Crippen LogP contribution in [0.3, 0.4) is 0 Å². The molecule has 1 aromatic heterocycles. The minimum absolute atomic E-state index is 0.0335. The highest BCUT2D eigenvalue weighted by Crippen LogP contribution is 2.33. The van der Waals surface area contributed by atoms with E-state index in [0.717, 1.165) is 9.35 Å². The first-order valence-corrected chi connectivity index (χ1v) is 9.43. The Morgan fingerprint density at radius 2 is 1.95 bits per heavy atom. The molecule has 0 unspecified atom stereocenters. The minimum atomic E-state index is -3.61. The summed E-state index contributed by atoms with van der Waals surface area (Å²) in [6.07, 6.45) is -0.0335. The third-order valence-electron chi connectivity index (χ3n) is 2.59. The quantitative estimate of drug-likeness (QED) is 0.823.